The molecule has 2 heterocycles. The second-order valence-electron chi connectivity index (χ2n) is 5.43. The quantitative estimate of drug-likeness (QED) is 0.429. The van der Waals surface area contributed by atoms with E-state index in [2.05, 4.69) is 12.1 Å². The van der Waals surface area contributed by atoms with Crippen LogP contribution in [-0.2, 0) is 39.1 Å². The highest BCUT2D eigenvalue weighted by Crippen LogP contribution is 2.05. The van der Waals surface area contributed by atoms with Crippen LogP contribution in [0.25, 0.3) is 0 Å². The maximum atomic E-state index is 11.7. The Kier molecular flexibility index (Phi) is 6.42. The first-order valence-corrected chi connectivity index (χ1v) is 7.80. The fraction of sp³-hybridized carbons (Fsp3) is 0.333. The molecule has 0 aliphatic rings. The minimum absolute atomic E-state index is 0.0745. The SMILES string of the molecule is CCC(=O)OCOC(=O)C[n+]1ccc(Cc2cc[n+](C)cc2)cc1. The van der Waals surface area contributed by atoms with Gasteiger partial charge in [-0.05, 0) is 17.5 Å². The molecule has 6 heteroatoms. The largest absolute Gasteiger partial charge is 0.428 e. The Morgan fingerprint density at radius 3 is 2.04 bits per heavy atom. The topological polar surface area (TPSA) is 60.4 Å². The predicted molar refractivity (Wildman–Crippen MR) is 84.4 cm³/mol. The fourth-order valence-electron chi connectivity index (χ4n) is 2.05. The molecule has 24 heavy (non-hydrogen) atoms. The molecule has 0 amide bonds. The number of carbonyl (C=O) groups excluding carboxylic acids is 2. The molecule has 0 bridgehead atoms. The van der Waals surface area contributed by atoms with E-state index < -0.39 is 11.9 Å². The van der Waals surface area contributed by atoms with Crippen LogP contribution in [0, 0.1) is 0 Å². The van der Waals surface area contributed by atoms with Crippen molar-refractivity contribution in [2.24, 2.45) is 7.05 Å². The van der Waals surface area contributed by atoms with Crippen LogP contribution >= 0.6 is 0 Å². The molecule has 2 aromatic rings. The molecule has 0 spiro atoms. The third-order valence-electron chi connectivity index (χ3n) is 3.46. The van der Waals surface area contributed by atoms with Crippen molar-refractivity contribution in [2.45, 2.75) is 26.3 Å². The number of carbonyl (C=O) groups is 2. The molecule has 2 aromatic heterocycles. The number of esters is 2. The van der Waals surface area contributed by atoms with Gasteiger partial charge in [-0.3, -0.25) is 4.79 Å². The molecular formula is C18H22N2O4+2. The van der Waals surface area contributed by atoms with Gasteiger partial charge in [0.15, 0.2) is 24.8 Å². The van der Waals surface area contributed by atoms with Gasteiger partial charge in [0.05, 0.1) is 0 Å². The van der Waals surface area contributed by atoms with Crippen LogP contribution in [0.5, 0.6) is 0 Å². The molecule has 0 aromatic carbocycles. The van der Waals surface area contributed by atoms with E-state index in [1.54, 1.807) is 11.5 Å². The first-order chi connectivity index (χ1) is 11.6. The van der Waals surface area contributed by atoms with E-state index >= 15 is 0 Å². The van der Waals surface area contributed by atoms with Crippen molar-refractivity contribution in [1.29, 1.82) is 0 Å². The van der Waals surface area contributed by atoms with Crippen molar-refractivity contribution in [2.75, 3.05) is 6.79 Å². The Morgan fingerprint density at radius 2 is 1.46 bits per heavy atom. The molecule has 0 radical (unpaired) electrons. The Hall–Kier alpha value is -2.76. The normalized spacial score (nSPS) is 10.2. The zero-order chi connectivity index (χ0) is 17.4. The van der Waals surface area contributed by atoms with E-state index in [0.717, 1.165) is 12.0 Å². The van der Waals surface area contributed by atoms with Crippen LogP contribution < -0.4 is 9.13 Å². The number of pyridine rings is 2. The van der Waals surface area contributed by atoms with Gasteiger partial charge in [-0.2, -0.15) is 4.57 Å². The monoisotopic (exact) mass is 330 g/mol. The minimum atomic E-state index is -0.452. The second kappa shape index (κ2) is 8.76. The van der Waals surface area contributed by atoms with Crippen molar-refractivity contribution in [3.63, 3.8) is 0 Å². The highest BCUT2D eigenvalue weighted by molar-refractivity contribution is 5.70. The number of aromatic nitrogens is 2. The predicted octanol–water partition coefficient (Wildman–Crippen LogP) is 0.843. The average molecular weight is 330 g/mol. The summed E-state index contributed by atoms with van der Waals surface area (Å²) in [6.45, 7) is 1.41. The Morgan fingerprint density at radius 1 is 0.917 bits per heavy atom. The number of hydrogen-bond acceptors (Lipinski definition) is 4. The summed E-state index contributed by atoms with van der Waals surface area (Å²) in [6, 6.07) is 8.10. The summed E-state index contributed by atoms with van der Waals surface area (Å²) in [5.74, 6) is -0.846. The summed E-state index contributed by atoms with van der Waals surface area (Å²) >= 11 is 0. The standard InChI is InChI=1S/C18H22N2O4/c1-3-17(21)23-14-24-18(22)13-20-10-6-16(7-11-20)12-15-4-8-19(2)9-5-15/h4-11H,3,12-14H2,1-2H3/q+2. The summed E-state index contributed by atoms with van der Waals surface area (Å²) in [6.07, 6.45) is 8.78. The van der Waals surface area contributed by atoms with Gasteiger partial charge in [0, 0.05) is 30.7 Å². The molecule has 6 nitrogen and oxygen atoms in total. The minimum Gasteiger partial charge on any atom is -0.428 e. The van der Waals surface area contributed by atoms with Gasteiger partial charge >= 0.3 is 11.9 Å². The zero-order valence-corrected chi connectivity index (χ0v) is 14.0. The van der Waals surface area contributed by atoms with E-state index in [1.807, 2.05) is 48.5 Å². The molecule has 126 valence electrons. The van der Waals surface area contributed by atoms with Gasteiger partial charge < -0.3 is 9.47 Å². The first kappa shape index (κ1) is 17.6. The van der Waals surface area contributed by atoms with Crippen LogP contribution in [0.4, 0.5) is 0 Å². The molecule has 0 aliphatic heterocycles. The van der Waals surface area contributed by atoms with Crippen LogP contribution in [0.1, 0.15) is 24.5 Å². The maximum Gasteiger partial charge on any atom is 0.375 e. The van der Waals surface area contributed by atoms with Crippen molar-refractivity contribution in [3.05, 3.63) is 60.2 Å². The maximum absolute atomic E-state index is 11.7. The van der Waals surface area contributed by atoms with Crippen molar-refractivity contribution in [1.82, 2.24) is 0 Å². The molecule has 0 fully saturated rings. The molecule has 0 atom stereocenters. The lowest BCUT2D eigenvalue weighted by molar-refractivity contribution is -0.686. The third kappa shape index (κ3) is 5.79. The number of aryl methyl sites for hydroxylation is 1. The summed E-state index contributed by atoms with van der Waals surface area (Å²) < 4.78 is 13.3. The molecule has 0 N–H and O–H groups in total. The summed E-state index contributed by atoms with van der Waals surface area (Å²) in [7, 11) is 1.98. The van der Waals surface area contributed by atoms with Gasteiger partial charge in [0.1, 0.15) is 7.05 Å². The molecule has 0 unspecified atom stereocenters. The van der Waals surface area contributed by atoms with E-state index in [4.69, 9.17) is 9.47 Å². The van der Waals surface area contributed by atoms with E-state index in [0.29, 0.717) is 0 Å². The fourth-order valence-corrected chi connectivity index (χ4v) is 2.05. The van der Waals surface area contributed by atoms with Gasteiger partial charge in [0.2, 0.25) is 13.3 Å². The van der Waals surface area contributed by atoms with Crippen LogP contribution in [0.2, 0.25) is 0 Å². The lowest BCUT2D eigenvalue weighted by Crippen LogP contribution is -2.38. The van der Waals surface area contributed by atoms with Crippen LogP contribution in [0.15, 0.2) is 49.1 Å². The number of hydrogen-bond donors (Lipinski definition) is 0. The summed E-state index contributed by atoms with van der Waals surface area (Å²) in [4.78, 5) is 22.6. The number of ether oxygens (including phenoxy) is 2. The van der Waals surface area contributed by atoms with Gasteiger partial charge in [0.25, 0.3) is 0 Å². The molecular weight excluding hydrogens is 308 g/mol. The average Bonchev–Trinajstić information content (AvgIpc) is 2.58. The highest BCUT2D eigenvalue weighted by atomic mass is 16.7. The summed E-state index contributed by atoms with van der Waals surface area (Å²) in [5, 5.41) is 0. The second-order valence-corrected chi connectivity index (χ2v) is 5.43. The Labute approximate surface area is 141 Å². The molecule has 0 saturated heterocycles. The van der Waals surface area contributed by atoms with Gasteiger partial charge in [-0.1, -0.05) is 6.92 Å². The molecule has 0 saturated carbocycles. The third-order valence-corrected chi connectivity index (χ3v) is 3.46. The number of nitrogens with zero attached hydrogens (tertiary/aromatic N) is 2. The van der Waals surface area contributed by atoms with E-state index in [-0.39, 0.29) is 19.8 Å². The van der Waals surface area contributed by atoms with E-state index in [1.165, 1.54) is 5.56 Å². The van der Waals surface area contributed by atoms with Crippen molar-refractivity contribution in [3.8, 4) is 0 Å². The van der Waals surface area contributed by atoms with Crippen molar-refractivity contribution >= 4 is 11.9 Å². The van der Waals surface area contributed by atoms with Gasteiger partial charge in [-0.25, -0.2) is 9.36 Å². The number of rotatable bonds is 7. The molecule has 0 aliphatic carbocycles. The lowest BCUT2D eigenvalue weighted by atomic mass is 10.1. The van der Waals surface area contributed by atoms with Crippen molar-refractivity contribution < 1.29 is 28.2 Å². The Bertz CT molecular complexity index is 681. The van der Waals surface area contributed by atoms with Gasteiger partial charge in [-0.15, -0.1) is 0 Å². The zero-order valence-electron chi connectivity index (χ0n) is 14.0. The highest BCUT2D eigenvalue weighted by Gasteiger charge is 2.11. The Balaban J connectivity index is 1.82. The summed E-state index contributed by atoms with van der Waals surface area (Å²) in [5.41, 5.74) is 2.38. The first-order valence-electron chi connectivity index (χ1n) is 7.80. The molecule has 2 rings (SSSR count). The smallest absolute Gasteiger partial charge is 0.375 e. The van der Waals surface area contributed by atoms with Crippen LogP contribution in [-0.4, -0.2) is 18.7 Å². The van der Waals surface area contributed by atoms with E-state index in [9.17, 15) is 9.59 Å². The van der Waals surface area contributed by atoms with Crippen LogP contribution in [0.3, 0.4) is 0 Å². The lowest BCUT2D eigenvalue weighted by Gasteiger charge is -2.04.